The van der Waals surface area contributed by atoms with E-state index < -0.39 is 0 Å². The number of aryl methyl sites for hydroxylation is 1. The first-order chi connectivity index (χ1) is 6.58. The molecule has 1 aromatic rings. The summed E-state index contributed by atoms with van der Waals surface area (Å²) in [6.45, 7) is 8.86. The Labute approximate surface area is 87.5 Å². The van der Waals surface area contributed by atoms with Crippen LogP contribution in [-0.4, -0.2) is 6.04 Å². The van der Waals surface area contributed by atoms with Crippen LogP contribution in [0.15, 0.2) is 24.3 Å². The Morgan fingerprint density at radius 3 is 2.14 bits per heavy atom. The van der Waals surface area contributed by atoms with Crippen molar-refractivity contribution in [1.82, 2.24) is 0 Å². The SMILES string of the molecule is Cc1ccc(N[C@H](C)CC(C)C)cc1. The van der Waals surface area contributed by atoms with Gasteiger partial charge >= 0.3 is 0 Å². The van der Waals surface area contributed by atoms with Crippen LogP contribution in [0.1, 0.15) is 32.8 Å². The van der Waals surface area contributed by atoms with Gasteiger partial charge in [-0.25, -0.2) is 0 Å². The van der Waals surface area contributed by atoms with Crippen LogP contribution in [0, 0.1) is 12.8 Å². The molecule has 0 spiro atoms. The van der Waals surface area contributed by atoms with Gasteiger partial charge in [-0.3, -0.25) is 0 Å². The largest absolute Gasteiger partial charge is 0.383 e. The van der Waals surface area contributed by atoms with E-state index in [1.54, 1.807) is 0 Å². The Bertz CT molecular complexity index is 261. The molecule has 1 aromatic carbocycles. The second-order valence-corrected chi connectivity index (χ2v) is 4.54. The van der Waals surface area contributed by atoms with Crippen molar-refractivity contribution in [3.05, 3.63) is 29.8 Å². The van der Waals surface area contributed by atoms with E-state index in [-0.39, 0.29) is 0 Å². The first-order valence-electron chi connectivity index (χ1n) is 5.41. The fraction of sp³-hybridized carbons (Fsp3) is 0.538. The lowest BCUT2D eigenvalue weighted by molar-refractivity contribution is 0.540. The molecule has 1 nitrogen and oxygen atoms in total. The third-order valence-corrected chi connectivity index (χ3v) is 2.29. The highest BCUT2D eigenvalue weighted by Gasteiger charge is 2.03. The zero-order chi connectivity index (χ0) is 10.6. The lowest BCUT2D eigenvalue weighted by Gasteiger charge is -2.17. The minimum Gasteiger partial charge on any atom is -0.383 e. The first kappa shape index (κ1) is 11.1. The van der Waals surface area contributed by atoms with Gasteiger partial charge in [-0.05, 0) is 38.3 Å². The average Bonchev–Trinajstić information content (AvgIpc) is 2.07. The van der Waals surface area contributed by atoms with Crippen molar-refractivity contribution >= 4 is 5.69 Å². The normalized spacial score (nSPS) is 12.9. The molecule has 0 saturated carbocycles. The maximum absolute atomic E-state index is 3.50. The Kier molecular flexibility index (Phi) is 3.99. The van der Waals surface area contributed by atoms with Gasteiger partial charge < -0.3 is 5.32 Å². The summed E-state index contributed by atoms with van der Waals surface area (Å²) in [5.41, 5.74) is 2.54. The second kappa shape index (κ2) is 5.04. The molecule has 0 fully saturated rings. The van der Waals surface area contributed by atoms with Crippen LogP contribution in [0.2, 0.25) is 0 Å². The van der Waals surface area contributed by atoms with Crippen LogP contribution in [0.25, 0.3) is 0 Å². The topological polar surface area (TPSA) is 12.0 Å². The number of nitrogens with one attached hydrogen (secondary N) is 1. The molecule has 0 radical (unpaired) electrons. The summed E-state index contributed by atoms with van der Waals surface area (Å²) in [6, 6.07) is 9.13. The molecule has 0 unspecified atom stereocenters. The molecule has 1 N–H and O–H groups in total. The van der Waals surface area contributed by atoms with Gasteiger partial charge in [0, 0.05) is 11.7 Å². The summed E-state index contributed by atoms with van der Waals surface area (Å²) in [6.07, 6.45) is 1.22. The van der Waals surface area contributed by atoms with Crippen molar-refractivity contribution < 1.29 is 0 Å². The van der Waals surface area contributed by atoms with Gasteiger partial charge in [-0.1, -0.05) is 31.5 Å². The van der Waals surface area contributed by atoms with Crippen molar-refractivity contribution in [2.45, 2.75) is 40.2 Å². The highest BCUT2D eigenvalue weighted by Crippen LogP contribution is 2.13. The van der Waals surface area contributed by atoms with Crippen molar-refractivity contribution in [2.75, 3.05) is 5.32 Å². The van der Waals surface area contributed by atoms with Gasteiger partial charge in [0.2, 0.25) is 0 Å². The zero-order valence-electron chi connectivity index (χ0n) is 9.67. The van der Waals surface area contributed by atoms with Crippen LogP contribution < -0.4 is 5.32 Å². The van der Waals surface area contributed by atoms with E-state index in [9.17, 15) is 0 Å². The average molecular weight is 191 g/mol. The maximum Gasteiger partial charge on any atom is 0.0342 e. The molecule has 1 heteroatoms. The summed E-state index contributed by atoms with van der Waals surface area (Å²) in [7, 11) is 0. The third-order valence-electron chi connectivity index (χ3n) is 2.29. The summed E-state index contributed by atoms with van der Waals surface area (Å²) < 4.78 is 0. The van der Waals surface area contributed by atoms with Crippen LogP contribution >= 0.6 is 0 Å². The molecule has 1 atom stereocenters. The molecular formula is C13H21N. The van der Waals surface area contributed by atoms with Crippen LogP contribution in [0.5, 0.6) is 0 Å². The number of anilines is 1. The van der Waals surface area contributed by atoms with Crippen molar-refractivity contribution in [1.29, 1.82) is 0 Å². The summed E-state index contributed by atoms with van der Waals surface area (Å²) in [5, 5.41) is 3.50. The van der Waals surface area contributed by atoms with Gasteiger partial charge in [0.25, 0.3) is 0 Å². The fourth-order valence-electron chi connectivity index (χ4n) is 1.70. The Morgan fingerprint density at radius 1 is 1.07 bits per heavy atom. The number of benzene rings is 1. The van der Waals surface area contributed by atoms with Gasteiger partial charge in [0.05, 0.1) is 0 Å². The second-order valence-electron chi connectivity index (χ2n) is 4.54. The molecule has 0 amide bonds. The molecule has 0 saturated heterocycles. The minimum absolute atomic E-state index is 0.553. The number of hydrogen-bond acceptors (Lipinski definition) is 1. The highest BCUT2D eigenvalue weighted by molar-refractivity contribution is 5.44. The minimum atomic E-state index is 0.553. The lowest BCUT2D eigenvalue weighted by atomic mass is 10.0. The molecule has 0 aliphatic heterocycles. The van der Waals surface area contributed by atoms with E-state index in [0.29, 0.717) is 6.04 Å². The standard InChI is InChI=1S/C13H21N/c1-10(2)9-12(4)14-13-7-5-11(3)6-8-13/h5-8,10,12,14H,9H2,1-4H3/t12-/m1/s1. The van der Waals surface area contributed by atoms with Gasteiger partial charge in [-0.2, -0.15) is 0 Å². The monoisotopic (exact) mass is 191 g/mol. The molecule has 0 aliphatic carbocycles. The number of rotatable bonds is 4. The smallest absolute Gasteiger partial charge is 0.0342 e. The van der Waals surface area contributed by atoms with E-state index in [1.165, 1.54) is 17.7 Å². The number of hydrogen-bond donors (Lipinski definition) is 1. The van der Waals surface area contributed by atoms with Gasteiger partial charge in [-0.15, -0.1) is 0 Å². The molecule has 1 rings (SSSR count). The maximum atomic E-state index is 3.50. The van der Waals surface area contributed by atoms with E-state index in [2.05, 4.69) is 57.3 Å². The van der Waals surface area contributed by atoms with Crippen molar-refractivity contribution in [2.24, 2.45) is 5.92 Å². The predicted octanol–water partition coefficient (Wildman–Crippen LogP) is 3.84. The van der Waals surface area contributed by atoms with Crippen LogP contribution in [0.4, 0.5) is 5.69 Å². The Hall–Kier alpha value is -0.980. The lowest BCUT2D eigenvalue weighted by Crippen LogP contribution is -2.17. The fourth-order valence-corrected chi connectivity index (χ4v) is 1.70. The quantitative estimate of drug-likeness (QED) is 0.762. The molecule has 0 aromatic heterocycles. The van der Waals surface area contributed by atoms with Crippen molar-refractivity contribution in [3.8, 4) is 0 Å². The summed E-state index contributed by atoms with van der Waals surface area (Å²) >= 11 is 0. The molecular weight excluding hydrogens is 170 g/mol. The third kappa shape index (κ3) is 3.82. The molecule has 0 aliphatic rings. The van der Waals surface area contributed by atoms with Crippen LogP contribution in [0.3, 0.4) is 0 Å². The van der Waals surface area contributed by atoms with Crippen molar-refractivity contribution in [3.63, 3.8) is 0 Å². The molecule has 0 heterocycles. The zero-order valence-corrected chi connectivity index (χ0v) is 9.67. The summed E-state index contributed by atoms with van der Waals surface area (Å²) in [5.74, 6) is 0.753. The van der Waals surface area contributed by atoms with E-state index in [0.717, 1.165) is 5.92 Å². The first-order valence-corrected chi connectivity index (χ1v) is 5.41. The highest BCUT2D eigenvalue weighted by atomic mass is 14.9. The van der Waals surface area contributed by atoms with E-state index in [1.807, 2.05) is 0 Å². The Balaban J connectivity index is 2.47. The van der Waals surface area contributed by atoms with Gasteiger partial charge in [0.1, 0.15) is 0 Å². The molecule has 78 valence electrons. The van der Waals surface area contributed by atoms with E-state index >= 15 is 0 Å². The molecule has 0 bridgehead atoms. The summed E-state index contributed by atoms with van der Waals surface area (Å²) in [4.78, 5) is 0. The Morgan fingerprint density at radius 2 is 1.64 bits per heavy atom. The van der Waals surface area contributed by atoms with E-state index in [4.69, 9.17) is 0 Å². The van der Waals surface area contributed by atoms with Crippen LogP contribution in [-0.2, 0) is 0 Å². The van der Waals surface area contributed by atoms with Gasteiger partial charge in [0.15, 0.2) is 0 Å². The predicted molar refractivity (Wildman–Crippen MR) is 63.7 cm³/mol. The molecule has 14 heavy (non-hydrogen) atoms.